The number of rotatable bonds is 10. The molecule has 6 heteroatoms. The molecule has 1 amide bonds. The first-order chi connectivity index (χ1) is 15.5. The molecule has 3 rings (SSSR count). The predicted octanol–water partition coefficient (Wildman–Crippen LogP) is 4.06. The maximum Gasteiger partial charge on any atom is 0.328 e. The van der Waals surface area contributed by atoms with Gasteiger partial charge in [-0.3, -0.25) is 4.79 Å². The molecule has 0 aliphatic carbocycles. The molecule has 0 saturated heterocycles. The molecule has 166 valence electrons. The van der Waals surface area contributed by atoms with Crippen LogP contribution in [0.15, 0.2) is 78.9 Å². The van der Waals surface area contributed by atoms with Gasteiger partial charge < -0.3 is 19.5 Å². The molecule has 0 spiro atoms. The highest BCUT2D eigenvalue weighted by Crippen LogP contribution is 2.30. The quantitative estimate of drug-likeness (QED) is 0.488. The molecular weight excluding hydrogens is 406 g/mol. The number of methoxy groups -OCH3 is 1. The van der Waals surface area contributed by atoms with E-state index in [1.54, 1.807) is 0 Å². The van der Waals surface area contributed by atoms with Crippen molar-refractivity contribution < 1.29 is 23.8 Å². The van der Waals surface area contributed by atoms with E-state index in [0.717, 1.165) is 16.7 Å². The zero-order valence-corrected chi connectivity index (χ0v) is 18.2. The van der Waals surface area contributed by atoms with Crippen LogP contribution in [0.1, 0.15) is 23.6 Å². The number of carbonyl (C=O) groups is 2. The fourth-order valence-corrected chi connectivity index (χ4v) is 3.20. The van der Waals surface area contributed by atoms with Gasteiger partial charge in [0.25, 0.3) is 0 Å². The van der Waals surface area contributed by atoms with Crippen LogP contribution in [-0.4, -0.2) is 25.0 Å². The number of nitrogens with one attached hydrogen (secondary N) is 1. The molecule has 1 atom stereocenters. The van der Waals surface area contributed by atoms with E-state index in [-0.39, 0.29) is 12.3 Å². The summed E-state index contributed by atoms with van der Waals surface area (Å²) in [7, 11) is 1.30. The highest BCUT2D eigenvalue weighted by Gasteiger charge is 2.21. The normalized spacial score (nSPS) is 11.3. The van der Waals surface area contributed by atoms with Crippen molar-refractivity contribution in [2.24, 2.45) is 0 Å². The molecule has 32 heavy (non-hydrogen) atoms. The number of benzene rings is 3. The van der Waals surface area contributed by atoms with Crippen molar-refractivity contribution in [3.8, 4) is 11.5 Å². The standard InChI is InChI=1S/C26H27NO5/c1-19(28)27-23(26(29)30-2)15-22-13-14-24(31-17-20-9-5-3-6-10-20)25(16-22)32-18-21-11-7-4-8-12-21/h3-14,16,23H,15,17-18H2,1-2H3,(H,27,28)/t23-/m0/s1. The molecule has 6 nitrogen and oxygen atoms in total. The second-order valence-electron chi connectivity index (χ2n) is 7.31. The van der Waals surface area contributed by atoms with E-state index in [2.05, 4.69) is 5.32 Å². The smallest absolute Gasteiger partial charge is 0.328 e. The van der Waals surface area contributed by atoms with E-state index in [4.69, 9.17) is 14.2 Å². The van der Waals surface area contributed by atoms with Crippen LogP contribution in [0.3, 0.4) is 0 Å². The van der Waals surface area contributed by atoms with Gasteiger partial charge in [0, 0.05) is 13.3 Å². The van der Waals surface area contributed by atoms with Gasteiger partial charge in [-0.25, -0.2) is 4.79 Å². The summed E-state index contributed by atoms with van der Waals surface area (Å²) < 4.78 is 16.9. The lowest BCUT2D eigenvalue weighted by Crippen LogP contribution is -2.41. The first-order valence-corrected chi connectivity index (χ1v) is 10.4. The van der Waals surface area contributed by atoms with Crippen LogP contribution in [0.2, 0.25) is 0 Å². The summed E-state index contributed by atoms with van der Waals surface area (Å²) >= 11 is 0. The van der Waals surface area contributed by atoms with Gasteiger partial charge in [0.05, 0.1) is 7.11 Å². The van der Waals surface area contributed by atoms with Gasteiger partial charge in [-0.05, 0) is 28.8 Å². The summed E-state index contributed by atoms with van der Waals surface area (Å²) in [6.45, 7) is 2.14. The first-order valence-electron chi connectivity index (χ1n) is 10.4. The summed E-state index contributed by atoms with van der Waals surface area (Å²) in [6.07, 6.45) is 0.271. The van der Waals surface area contributed by atoms with Gasteiger partial charge in [-0.15, -0.1) is 0 Å². The molecule has 0 fully saturated rings. The lowest BCUT2D eigenvalue weighted by Gasteiger charge is -2.18. The zero-order chi connectivity index (χ0) is 22.8. The van der Waals surface area contributed by atoms with Crippen LogP contribution in [0.4, 0.5) is 0 Å². The van der Waals surface area contributed by atoms with E-state index >= 15 is 0 Å². The first kappa shape index (κ1) is 22.9. The Kier molecular flexibility index (Phi) is 8.26. The van der Waals surface area contributed by atoms with Crippen LogP contribution < -0.4 is 14.8 Å². The van der Waals surface area contributed by atoms with Gasteiger partial charge in [-0.1, -0.05) is 66.7 Å². The summed E-state index contributed by atoms with van der Waals surface area (Å²) in [4.78, 5) is 23.6. The van der Waals surface area contributed by atoms with Gasteiger partial charge in [0.1, 0.15) is 19.3 Å². The minimum Gasteiger partial charge on any atom is -0.485 e. The third-order valence-electron chi connectivity index (χ3n) is 4.79. The fraction of sp³-hybridized carbons (Fsp3) is 0.231. The number of carbonyl (C=O) groups excluding carboxylic acids is 2. The molecule has 3 aromatic rings. The molecule has 0 aromatic heterocycles. The molecule has 1 N–H and O–H groups in total. The highest BCUT2D eigenvalue weighted by molar-refractivity contribution is 5.83. The molecular formula is C26H27NO5. The Balaban J connectivity index is 1.80. The summed E-state index contributed by atoms with van der Waals surface area (Å²) in [5.74, 6) is 0.358. The summed E-state index contributed by atoms with van der Waals surface area (Å²) in [6, 6.07) is 24.4. The second-order valence-corrected chi connectivity index (χ2v) is 7.31. The maximum absolute atomic E-state index is 12.1. The lowest BCUT2D eigenvalue weighted by atomic mass is 10.0. The topological polar surface area (TPSA) is 73.9 Å². The molecule has 0 aliphatic rings. The Labute approximate surface area is 188 Å². The zero-order valence-electron chi connectivity index (χ0n) is 18.2. The second kappa shape index (κ2) is 11.6. The van der Waals surface area contributed by atoms with Crippen LogP contribution >= 0.6 is 0 Å². The minimum absolute atomic E-state index is 0.271. The van der Waals surface area contributed by atoms with Crippen LogP contribution in [0.25, 0.3) is 0 Å². The fourth-order valence-electron chi connectivity index (χ4n) is 3.20. The van der Waals surface area contributed by atoms with Gasteiger partial charge in [-0.2, -0.15) is 0 Å². The predicted molar refractivity (Wildman–Crippen MR) is 121 cm³/mol. The number of amides is 1. The summed E-state index contributed by atoms with van der Waals surface area (Å²) in [5, 5.41) is 2.63. The average molecular weight is 434 g/mol. The molecule has 0 unspecified atom stereocenters. The minimum atomic E-state index is -0.782. The third-order valence-corrected chi connectivity index (χ3v) is 4.79. The lowest BCUT2D eigenvalue weighted by molar-refractivity contribution is -0.144. The van der Waals surface area contributed by atoms with Crippen molar-refractivity contribution in [1.82, 2.24) is 5.32 Å². The van der Waals surface area contributed by atoms with Crippen molar-refractivity contribution in [1.29, 1.82) is 0 Å². The molecule has 0 saturated carbocycles. The number of hydrogen-bond donors (Lipinski definition) is 1. The summed E-state index contributed by atoms with van der Waals surface area (Å²) in [5.41, 5.74) is 2.88. The number of esters is 1. The van der Waals surface area contributed by atoms with Crippen molar-refractivity contribution in [2.45, 2.75) is 32.6 Å². The van der Waals surface area contributed by atoms with Crippen molar-refractivity contribution in [3.05, 3.63) is 95.6 Å². The van der Waals surface area contributed by atoms with Crippen LogP contribution in [0, 0.1) is 0 Å². The van der Waals surface area contributed by atoms with Gasteiger partial charge in [0.15, 0.2) is 11.5 Å². The van der Waals surface area contributed by atoms with Crippen molar-refractivity contribution in [2.75, 3.05) is 7.11 Å². The van der Waals surface area contributed by atoms with Crippen molar-refractivity contribution in [3.63, 3.8) is 0 Å². The largest absolute Gasteiger partial charge is 0.485 e. The number of hydrogen-bond acceptors (Lipinski definition) is 5. The molecule has 0 bridgehead atoms. The van der Waals surface area contributed by atoms with Gasteiger partial charge >= 0.3 is 5.97 Å². The molecule has 0 heterocycles. The Morgan fingerprint density at radius 2 is 1.34 bits per heavy atom. The van der Waals surface area contributed by atoms with E-state index in [1.165, 1.54) is 14.0 Å². The van der Waals surface area contributed by atoms with Crippen LogP contribution in [0.5, 0.6) is 11.5 Å². The SMILES string of the molecule is COC(=O)[C@H](Cc1ccc(OCc2ccccc2)c(OCc2ccccc2)c1)NC(C)=O. The van der Waals surface area contributed by atoms with E-state index in [0.29, 0.717) is 24.7 Å². The Hall–Kier alpha value is -3.80. The Bertz CT molecular complexity index is 1020. The monoisotopic (exact) mass is 433 g/mol. The Morgan fingerprint density at radius 1 is 0.781 bits per heavy atom. The van der Waals surface area contributed by atoms with Gasteiger partial charge in [0.2, 0.25) is 5.91 Å². The van der Waals surface area contributed by atoms with E-state index < -0.39 is 12.0 Å². The van der Waals surface area contributed by atoms with E-state index in [9.17, 15) is 9.59 Å². The molecule has 0 aliphatic heterocycles. The van der Waals surface area contributed by atoms with Crippen LogP contribution in [-0.2, 0) is 34.0 Å². The average Bonchev–Trinajstić information content (AvgIpc) is 2.82. The molecule has 0 radical (unpaired) electrons. The number of ether oxygens (including phenoxy) is 3. The Morgan fingerprint density at radius 3 is 1.88 bits per heavy atom. The molecule has 3 aromatic carbocycles. The third kappa shape index (κ3) is 6.87. The van der Waals surface area contributed by atoms with E-state index in [1.807, 2.05) is 78.9 Å². The van der Waals surface area contributed by atoms with Crippen molar-refractivity contribution >= 4 is 11.9 Å². The highest BCUT2D eigenvalue weighted by atomic mass is 16.5. The maximum atomic E-state index is 12.1.